The Labute approximate surface area is 513 Å². The van der Waals surface area contributed by atoms with Crippen molar-refractivity contribution in [3.05, 3.63) is 24.3 Å². The van der Waals surface area contributed by atoms with E-state index in [0.717, 1.165) is 38.5 Å². The Morgan fingerprint density at radius 2 is 0.573 bits per heavy atom. The van der Waals surface area contributed by atoms with E-state index in [2.05, 4.69) is 43.5 Å². The third-order valence-electron chi connectivity index (χ3n) is 17.7. The third kappa shape index (κ3) is 67.5. The predicted octanol–water partition coefficient (Wildman–Crippen LogP) is 24.5. The van der Waals surface area contributed by atoms with Gasteiger partial charge in [0.15, 0.2) is 0 Å². The largest absolute Gasteiger partial charge is 0.466 e. The lowest BCUT2D eigenvalue weighted by Gasteiger charge is -2.22. The summed E-state index contributed by atoms with van der Waals surface area (Å²) in [5.74, 6) is -0.0115. The van der Waals surface area contributed by atoms with Crippen LogP contribution in [0.5, 0.6) is 0 Å². The minimum absolute atomic E-state index is 0.0181. The first-order valence-corrected chi connectivity index (χ1v) is 37.6. The van der Waals surface area contributed by atoms with Gasteiger partial charge < -0.3 is 20.3 Å². The van der Waals surface area contributed by atoms with E-state index in [1.54, 1.807) is 0 Å². The summed E-state index contributed by atoms with van der Waals surface area (Å²) >= 11 is 0. The number of rotatable bonds is 71. The van der Waals surface area contributed by atoms with E-state index in [1.165, 1.54) is 353 Å². The van der Waals surface area contributed by atoms with Crippen LogP contribution in [0.1, 0.15) is 425 Å². The highest BCUT2D eigenvalue weighted by Gasteiger charge is 2.20. The summed E-state index contributed by atoms with van der Waals surface area (Å²) in [5.41, 5.74) is 0. The molecule has 0 fully saturated rings. The number of allylic oxidation sites excluding steroid dienone is 4. The van der Waals surface area contributed by atoms with E-state index < -0.39 is 12.1 Å². The molecule has 1 amide bonds. The normalized spacial score (nSPS) is 12.6. The van der Waals surface area contributed by atoms with Crippen LogP contribution in [0.3, 0.4) is 0 Å². The van der Waals surface area contributed by atoms with Gasteiger partial charge in [-0.3, -0.25) is 9.59 Å². The third-order valence-corrected chi connectivity index (χ3v) is 17.7. The number of unbranched alkanes of at least 4 members (excludes halogenated alkanes) is 56. The maximum Gasteiger partial charge on any atom is 0.305 e. The van der Waals surface area contributed by atoms with E-state index in [-0.39, 0.29) is 18.5 Å². The van der Waals surface area contributed by atoms with Crippen LogP contribution in [0, 0.1) is 0 Å². The zero-order valence-electron chi connectivity index (χ0n) is 55.8. The molecule has 0 aliphatic rings. The van der Waals surface area contributed by atoms with E-state index in [4.69, 9.17) is 4.74 Å². The highest BCUT2D eigenvalue weighted by Crippen LogP contribution is 2.19. The standard InChI is InChI=1S/C76H147NO5/c1-3-5-7-9-11-13-15-17-19-20-34-38-42-46-50-54-58-62-66-70-76(81)82-71-67-63-59-55-51-47-43-39-36-33-31-29-27-25-23-21-22-24-26-28-30-32-35-37-41-45-49-53-57-61-65-69-75(80)77-73(72-78)74(79)68-64-60-56-52-48-44-40-18-16-14-12-10-8-6-4-2/h17,19,23,25,73-74,78-79H,3-16,18,20-22,24,26-72H2,1-2H3,(H,77,80)/b19-17-,25-23-. The van der Waals surface area contributed by atoms with Crippen LogP contribution < -0.4 is 5.32 Å². The Morgan fingerprint density at radius 1 is 0.329 bits per heavy atom. The average Bonchev–Trinajstić information content (AvgIpc) is 3.48. The fourth-order valence-corrected chi connectivity index (χ4v) is 12.0. The number of hydrogen-bond donors (Lipinski definition) is 3. The zero-order valence-corrected chi connectivity index (χ0v) is 55.8. The maximum absolute atomic E-state index is 12.5. The number of nitrogens with one attached hydrogen (secondary N) is 1. The molecule has 0 aliphatic heterocycles. The number of hydrogen-bond acceptors (Lipinski definition) is 5. The first-order valence-electron chi connectivity index (χ1n) is 37.6. The van der Waals surface area contributed by atoms with Crippen molar-refractivity contribution in [3.63, 3.8) is 0 Å². The fraction of sp³-hybridized carbons (Fsp3) is 0.921. The summed E-state index contributed by atoms with van der Waals surface area (Å²) in [6, 6.07) is -0.539. The number of amides is 1. The van der Waals surface area contributed by atoms with Crippen molar-refractivity contribution in [3.8, 4) is 0 Å². The van der Waals surface area contributed by atoms with E-state index in [0.29, 0.717) is 25.9 Å². The lowest BCUT2D eigenvalue weighted by Crippen LogP contribution is -2.45. The Hall–Kier alpha value is -1.66. The molecule has 0 aliphatic carbocycles. The lowest BCUT2D eigenvalue weighted by molar-refractivity contribution is -0.143. The molecule has 0 bridgehead atoms. The Balaban J connectivity index is 3.34. The molecule has 2 atom stereocenters. The minimum Gasteiger partial charge on any atom is -0.466 e. The molecule has 0 rings (SSSR count). The van der Waals surface area contributed by atoms with Crippen molar-refractivity contribution < 1.29 is 24.5 Å². The molecular formula is C76H147NO5. The van der Waals surface area contributed by atoms with Gasteiger partial charge in [-0.15, -0.1) is 0 Å². The molecule has 0 saturated heterocycles. The topological polar surface area (TPSA) is 95.9 Å². The summed E-state index contributed by atoms with van der Waals surface area (Å²) in [7, 11) is 0. The number of carbonyl (C=O) groups is 2. The van der Waals surface area contributed by atoms with E-state index in [1.807, 2.05) is 0 Å². The molecular weight excluding hydrogens is 1010 g/mol. The van der Waals surface area contributed by atoms with E-state index >= 15 is 0 Å². The smallest absolute Gasteiger partial charge is 0.305 e. The zero-order chi connectivity index (χ0) is 59.2. The molecule has 0 spiro atoms. The monoisotopic (exact) mass is 1150 g/mol. The molecule has 0 saturated carbocycles. The van der Waals surface area contributed by atoms with Crippen molar-refractivity contribution in [2.24, 2.45) is 0 Å². The van der Waals surface area contributed by atoms with Gasteiger partial charge in [0.1, 0.15) is 0 Å². The molecule has 0 aromatic rings. The van der Waals surface area contributed by atoms with Gasteiger partial charge in [0.05, 0.1) is 25.4 Å². The summed E-state index contributed by atoms with van der Waals surface area (Å²) in [5, 5.41) is 23.3. The van der Waals surface area contributed by atoms with Crippen molar-refractivity contribution in [2.75, 3.05) is 13.2 Å². The first-order chi connectivity index (χ1) is 40.5. The number of ether oxygens (including phenoxy) is 1. The second-order valence-electron chi connectivity index (χ2n) is 26.0. The van der Waals surface area contributed by atoms with Crippen molar-refractivity contribution in [1.82, 2.24) is 5.32 Å². The van der Waals surface area contributed by atoms with Crippen LogP contribution in [-0.2, 0) is 14.3 Å². The first kappa shape index (κ1) is 80.3. The number of aliphatic hydroxyl groups excluding tert-OH is 2. The van der Waals surface area contributed by atoms with Gasteiger partial charge in [-0.05, 0) is 77.0 Å². The van der Waals surface area contributed by atoms with Gasteiger partial charge in [-0.2, -0.15) is 0 Å². The van der Waals surface area contributed by atoms with Crippen LogP contribution in [0.25, 0.3) is 0 Å². The molecule has 2 unspecified atom stereocenters. The molecule has 6 heteroatoms. The molecule has 6 nitrogen and oxygen atoms in total. The molecule has 3 N–H and O–H groups in total. The van der Waals surface area contributed by atoms with Gasteiger partial charge >= 0.3 is 5.97 Å². The molecule has 0 heterocycles. The highest BCUT2D eigenvalue weighted by atomic mass is 16.5. The summed E-state index contributed by atoms with van der Waals surface area (Å²) in [6.07, 6.45) is 91.1. The molecule has 0 aromatic heterocycles. The maximum atomic E-state index is 12.5. The van der Waals surface area contributed by atoms with Crippen LogP contribution in [0.4, 0.5) is 0 Å². The number of aliphatic hydroxyl groups is 2. The Bertz CT molecular complexity index is 1280. The van der Waals surface area contributed by atoms with Crippen molar-refractivity contribution in [2.45, 2.75) is 437 Å². The SMILES string of the molecule is CCCCCCCC/C=C\CCCCCCCCCCCC(=O)OCCCCCCCCCCCCCC/C=C\CCCCCCCCCCCCCCCCCC(=O)NC(CO)C(O)CCCCCCCCCCCCCCCCC. The summed E-state index contributed by atoms with van der Waals surface area (Å²) < 4.78 is 5.51. The second-order valence-corrected chi connectivity index (χ2v) is 26.0. The van der Waals surface area contributed by atoms with Crippen LogP contribution in [0.15, 0.2) is 24.3 Å². The highest BCUT2D eigenvalue weighted by molar-refractivity contribution is 5.76. The molecule has 0 aromatic carbocycles. The van der Waals surface area contributed by atoms with Gasteiger partial charge in [-0.25, -0.2) is 0 Å². The molecule has 82 heavy (non-hydrogen) atoms. The van der Waals surface area contributed by atoms with Crippen LogP contribution in [0.2, 0.25) is 0 Å². The van der Waals surface area contributed by atoms with Crippen LogP contribution >= 0.6 is 0 Å². The quantitative estimate of drug-likeness (QED) is 0.0320. The number of esters is 1. The molecule has 486 valence electrons. The second kappa shape index (κ2) is 71.8. The number of carbonyl (C=O) groups excluding carboxylic acids is 2. The lowest BCUT2D eigenvalue weighted by atomic mass is 10.0. The van der Waals surface area contributed by atoms with E-state index in [9.17, 15) is 19.8 Å². The summed E-state index contributed by atoms with van der Waals surface area (Å²) in [6.45, 7) is 4.99. The molecule has 0 radical (unpaired) electrons. The Kier molecular flexibility index (Phi) is 70.4. The van der Waals surface area contributed by atoms with Gasteiger partial charge in [-0.1, -0.05) is 359 Å². The van der Waals surface area contributed by atoms with Gasteiger partial charge in [0.25, 0.3) is 0 Å². The van der Waals surface area contributed by atoms with Crippen LogP contribution in [-0.4, -0.2) is 47.4 Å². The fourth-order valence-electron chi connectivity index (χ4n) is 12.0. The Morgan fingerprint density at radius 3 is 0.866 bits per heavy atom. The van der Waals surface area contributed by atoms with Crippen molar-refractivity contribution in [1.29, 1.82) is 0 Å². The average molecular weight is 1160 g/mol. The minimum atomic E-state index is -0.662. The van der Waals surface area contributed by atoms with Gasteiger partial charge in [0, 0.05) is 12.8 Å². The summed E-state index contributed by atoms with van der Waals surface area (Å²) in [4.78, 5) is 24.6. The van der Waals surface area contributed by atoms with Crippen molar-refractivity contribution >= 4 is 11.9 Å². The van der Waals surface area contributed by atoms with Gasteiger partial charge in [0.2, 0.25) is 5.91 Å². The predicted molar refractivity (Wildman–Crippen MR) is 361 cm³/mol.